The van der Waals surface area contributed by atoms with Gasteiger partial charge in [0, 0.05) is 30.7 Å². The van der Waals surface area contributed by atoms with Gasteiger partial charge in [0.2, 0.25) is 0 Å². The van der Waals surface area contributed by atoms with Gasteiger partial charge in [0.25, 0.3) is 0 Å². The molecular formula is C15H20F2N2O2. The normalized spacial score (nSPS) is 21.7. The van der Waals surface area contributed by atoms with Gasteiger partial charge in [0.15, 0.2) is 0 Å². The van der Waals surface area contributed by atoms with Crippen molar-refractivity contribution in [1.82, 2.24) is 10.6 Å². The molecule has 0 radical (unpaired) electrons. The first-order chi connectivity index (χ1) is 10.0. The first-order valence-corrected chi connectivity index (χ1v) is 7.14. The van der Waals surface area contributed by atoms with E-state index in [0.717, 1.165) is 6.07 Å². The van der Waals surface area contributed by atoms with Crippen LogP contribution in [-0.2, 0) is 0 Å². The van der Waals surface area contributed by atoms with Gasteiger partial charge in [-0.3, -0.25) is 0 Å². The lowest BCUT2D eigenvalue weighted by molar-refractivity contribution is 0.233. The van der Waals surface area contributed by atoms with E-state index in [1.807, 2.05) is 6.92 Å². The SMILES string of the molecule is C[C@H](CCCO)NC(=O)N[C@H]1C[C@H]1c1ccc(F)cc1F. The Labute approximate surface area is 122 Å². The van der Waals surface area contributed by atoms with Crippen molar-refractivity contribution in [2.75, 3.05) is 6.61 Å². The monoisotopic (exact) mass is 298 g/mol. The second-order valence-electron chi connectivity index (χ2n) is 5.50. The van der Waals surface area contributed by atoms with E-state index in [1.54, 1.807) is 0 Å². The highest BCUT2D eigenvalue weighted by atomic mass is 19.1. The third kappa shape index (κ3) is 4.39. The van der Waals surface area contributed by atoms with E-state index in [1.165, 1.54) is 12.1 Å². The molecule has 1 aliphatic carbocycles. The molecule has 0 heterocycles. The third-order valence-electron chi connectivity index (χ3n) is 3.64. The molecule has 4 nitrogen and oxygen atoms in total. The van der Waals surface area contributed by atoms with Crippen molar-refractivity contribution >= 4 is 6.03 Å². The van der Waals surface area contributed by atoms with E-state index in [0.29, 0.717) is 24.8 Å². The van der Waals surface area contributed by atoms with Crippen LogP contribution in [0.1, 0.15) is 37.7 Å². The van der Waals surface area contributed by atoms with Crippen LogP contribution in [0.15, 0.2) is 18.2 Å². The summed E-state index contributed by atoms with van der Waals surface area (Å²) < 4.78 is 26.5. The maximum atomic E-state index is 13.6. The molecule has 2 rings (SSSR count). The number of nitrogens with one attached hydrogen (secondary N) is 2. The molecule has 116 valence electrons. The minimum atomic E-state index is -0.600. The van der Waals surface area contributed by atoms with Gasteiger partial charge >= 0.3 is 6.03 Å². The fourth-order valence-corrected chi connectivity index (χ4v) is 2.40. The van der Waals surface area contributed by atoms with Gasteiger partial charge in [-0.1, -0.05) is 6.07 Å². The average Bonchev–Trinajstić information content (AvgIpc) is 3.15. The minimum Gasteiger partial charge on any atom is -0.396 e. The van der Waals surface area contributed by atoms with Crippen molar-refractivity contribution in [3.05, 3.63) is 35.4 Å². The summed E-state index contributed by atoms with van der Waals surface area (Å²) in [5, 5.41) is 14.3. The van der Waals surface area contributed by atoms with Crippen molar-refractivity contribution in [3.8, 4) is 0 Å². The molecule has 0 bridgehead atoms. The summed E-state index contributed by atoms with van der Waals surface area (Å²) >= 11 is 0. The first kappa shape index (κ1) is 15.7. The molecule has 0 spiro atoms. The fraction of sp³-hybridized carbons (Fsp3) is 0.533. The standard InChI is InChI=1S/C15H20F2N2O2/c1-9(3-2-6-20)18-15(21)19-14-8-12(14)11-5-4-10(16)7-13(11)17/h4-5,7,9,12,14,20H,2-3,6,8H2,1H3,(H2,18,19,21)/t9-,12+,14+/m1/s1. The van der Waals surface area contributed by atoms with E-state index in [9.17, 15) is 13.6 Å². The number of carbonyl (C=O) groups is 1. The van der Waals surface area contributed by atoms with Crippen LogP contribution in [0.25, 0.3) is 0 Å². The summed E-state index contributed by atoms with van der Waals surface area (Å²) in [6.45, 7) is 1.96. The lowest BCUT2D eigenvalue weighted by Gasteiger charge is -2.14. The molecule has 0 saturated heterocycles. The number of carbonyl (C=O) groups excluding carboxylic acids is 1. The summed E-state index contributed by atoms with van der Waals surface area (Å²) in [7, 11) is 0. The van der Waals surface area contributed by atoms with Crippen molar-refractivity contribution in [1.29, 1.82) is 0 Å². The number of benzene rings is 1. The van der Waals surface area contributed by atoms with Gasteiger partial charge < -0.3 is 15.7 Å². The zero-order valence-corrected chi connectivity index (χ0v) is 11.9. The maximum Gasteiger partial charge on any atom is 0.315 e. The summed E-state index contributed by atoms with van der Waals surface area (Å²) in [5.74, 6) is -1.26. The van der Waals surface area contributed by atoms with Crippen LogP contribution in [0.5, 0.6) is 0 Å². The molecule has 6 heteroatoms. The van der Waals surface area contributed by atoms with Crippen molar-refractivity contribution < 1.29 is 18.7 Å². The summed E-state index contributed by atoms with van der Waals surface area (Å²) in [6.07, 6.45) is 1.99. The molecule has 21 heavy (non-hydrogen) atoms. The number of aliphatic hydroxyl groups is 1. The van der Waals surface area contributed by atoms with Crippen molar-refractivity contribution in [3.63, 3.8) is 0 Å². The van der Waals surface area contributed by atoms with Crippen LogP contribution in [-0.4, -0.2) is 29.8 Å². The van der Waals surface area contributed by atoms with Crippen molar-refractivity contribution in [2.24, 2.45) is 0 Å². The number of amides is 2. The largest absolute Gasteiger partial charge is 0.396 e. The van der Waals surface area contributed by atoms with Gasteiger partial charge in [-0.25, -0.2) is 13.6 Å². The summed E-state index contributed by atoms with van der Waals surface area (Å²) in [5.41, 5.74) is 0.440. The van der Waals surface area contributed by atoms with E-state index < -0.39 is 11.6 Å². The molecule has 1 aromatic carbocycles. The second kappa shape index (κ2) is 6.85. The summed E-state index contributed by atoms with van der Waals surface area (Å²) in [6, 6.07) is 3.08. The zero-order chi connectivity index (χ0) is 15.4. The Morgan fingerprint density at radius 1 is 1.48 bits per heavy atom. The van der Waals surface area contributed by atoms with Crippen LogP contribution in [0, 0.1) is 11.6 Å². The Hall–Kier alpha value is -1.69. The Morgan fingerprint density at radius 3 is 2.90 bits per heavy atom. The second-order valence-corrected chi connectivity index (χ2v) is 5.50. The number of halogens is 2. The molecule has 1 aromatic rings. The predicted octanol–water partition coefficient (Wildman–Crippen LogP) is 2.28. The third-order valence-corrected chi connectivity index (χ3v) is 3.64. The molecule has 3 atom stereocenters. The van der Waals surface area contributed by atoms with Gasteiger partial charge in [0.05, 0.1) is 0 Å². The molecule has 3 N–H and O–H groups in total. The lowest BCUT2D eigenvalue weighted by atomic mass is 10.1. The average molecular weight is 298 g/mol. The van der Waals surface area contributed by atoms with Crippen LogP contribution in [0.2, 0.25) is 0 Å². The maximum absolute atomic E-state index is 13.6. The predicted molar refractivity (Wildman–Crippen MR) is 75.0 cm³/mol. The number of hydrogen-bond donors (Lipinski definition) is 3. The van der Waals surface area contributed by atoms with Gasteiger partial charge in [0.1, 0.15) is 11.6 Å². The number of hydrogen-bond acceptors (Lipinski definition) is 2. The molecule has 0 aromatic heterocycles. The summed E-state index contributed by atoms with van der Waals surface area (Å²) in [4.78, 5) is 11.7. The molecule has 2 amide bonds. The Bertz CT molecular complexity index is 510. The number of rotatable bonds is 6. The quantitative estimate of drug-likeness (QED) is 0.754. The van der Waals surface area contributed by atoms with Crippen molar-refractivity contribution in [2.45, 2.75) is 44.2 Å². The first-order valence-electron chi connectivity index (χ1n) is 7.14. The molecule has 0 aliphatic heterocycles. The number of urea groups is 1. The van der Waals surface area contributed by atoms with E-state index in [4.69, 9.17) is 5.11 Å². The highest BCUT2D eigenvalue weighted by Crippen LogP contribution is 2.41. The fourth-order valence-electron chi connectivity index (χ4n) is 2.40. The van der Waals surface area contributed by atoms with Crippen LogP contribution >= 0.6 is 0 Å². The van der Waals surface area contributed by atoms with Crippen LogP contribution < -0.4 is 10.6 Å². The zero-order valence-electron chi connectivity index (χ0n) is 11.9. The van der Waals surface area contributed by atoms with Gasteiger partial charge in [-0.2, -0.15) is 0 Å². The highest BCUT2D eigenvalue weighted by molar-refractivity contribution is 5.75. The molecule has 1 aliphatic rings. The molecule has 0 unspecified atom stereocenters. The van der Waals surface area contributed by atoms with Crippen LogP contribution in [0.4, 0.5) is 13.6 Å². The van der Waals surface area contributed by atoms with E-state index in [-0.39, 0.29) is 30.6 Å². The molecular weight excluding hydrogens is 278 g/mol. The number of aliphatic hydroxyl groups excluding tert-OH is 1. The smallest absolute Gasteiger partial charge is 0.315 e. The van der Waals surface area contributed by atoms with Gasteiger partial charge in [-0.05, 0) is 37.8 Å². The highest BCUT2D eigenvalue weighted by Gasteiger charge is 2.41. The van der Waals surface area contributed by atoms with E-state index in [2.05, 4.69) is 10.6 Å². The topological polar surface area (TPSA) is 61.4 Å². The Balaban J connectivity index is 1.80. The van der Waals surface area contributed by atoms with Crippen LogP contribution in [0.3, 0.4) is 0 Å². The minimum absolute atomic E-state index is 0.0306. The lowest BCUT2D eigenvalue weighted by Crippen LogP contribution is -2.42. The Kier molecular flexibility index (Phi) is 5.12. The molecule has 1 saturated carbocycles. The van der Waals surface area contributed by atoms with Gasteiger partial charge in [-0.15, -0.1) is 0 Å². The molecule has 1 fully saturated rings. The Morgan fingerprint density at radius 2 is 2.24 bits per heavy atom. The van der Waals surface area contributed by atoms with E-state index >= 15 is 0 Å².